The van der Waals surface area contributed by atoms with Crippen molar-refractivity contribution in [1.82, 2.24) is 0 Å². The smallest absolute Gasteiger partial charge is 0.0481 e. The molecule has 4 aromatic heterocycles. The van der Waals surface area contributed by atoms with Crippen LogP contribution in [0.1, 0.15) is 32.0 Å². The van der Waals surface area contributed by atoms with Gasteiger partial charge >= 0.3 is 0 Å². The molecule has 0 radical (unpaired) electrons. The highest BCUT2D eigenvalue weighted by Gasteiger charge is 2.18. The SMILES string of the molecule is Cc1cc(C)c(-c2cc(C)c(-c3sc(-c4cc(C)c(C)s4)cc3C)s2)s1. The van der Waals surface area contributed by atoms with Gasteiger partial charge in [-0.1, -0.05) is 0 Å². The van der Waals surface area contributed by atoms with E-state index in [4.69, 9.17) is 0 Å². The predicted octanol–water partition coefficient (Wildman–Crippen LogP) is 8.78. The van der Waals surface area contributed by atoms with Crippen molar-refractivity contribution in [3.05, 3.63) is 56.3 Å². The Hall–Kier alpha value is -1.20. The van der Waals surface area contributed by atoms with Crippen molar-refractivity contribution >= 4 is 45.3 Å². The molecule has 0 saturated heterocycles. The van der Waals surface area contributed by atoms with Crippen molar-refractivity contribution in [1.29, 1.82) is 0 Å². The van der Waals surface area contributed by atoms with Gasteiger partial charge in [-0.15, -0.1) is 45.3 Å². The first-order valence-corrected chi connectivity index (χ1v) is 12.0. The van der Waals surface area contributed by atoms with Crippen LogP contribution in [-0.4, -0.2) is 0 Å². The van der Waals surface area contributed by atoms with E-state index in [1.807, 2.05) is 45.3 Å². The largest absolute Gasteiger partial charge is 0.139 e. The van der Waals surface area contributed by atoms with Gasteiger partial charge < -0.3 is 0 Å². The fourth-order valence-corrected chi connectivity index (χ4v) is 8.13. The van der Waals surface area contributed by atoms with E-state index >= 15 is 0 Å². The molecule has 0 fully saturated rings. The minimum atomic E-state index is 1.39. The van der Waals surface area contributed by atoms with Crippen molar-refractivity contribution in [3.63, 3.8) is 0 Å². The van der Waals surface area contributed by atoms with Crippen LogP contribution >= 0.6 is 45.3 Å². The molecular weight excluding hydrogens is 393 g/mol. The third-order valence-electron chi connectivity index (χ3n) is 4.72. The zero-order valence-corrected chi connectivity index (χ0v) is 19.2. The van der Waals surface area contributed by atoms with E-state index in [-0.39, 0.29) is 0 Å². The van der Waals surface area contributed by atoms with Gasteiger partial charge in [0.2, 0.25) is 0 Å². The standard InChI is InChI=1S/C22H22S4/c1-11-8-17(24-16(11)6)18-9-13(3)21(25-18)22-14(4)10-19(26-22)20-12(2)7-15(5)23-20/h7-10H,1-6H3. The van der Waals surface area contributed by atoms with Gasteiger partial charge in [0.25, 0.3) is 0 Å². The minimum Gasteiger partial charge on any atom is -0.139 e. The van der Waals surface area contributed by atoms with E-state index in [1.54, 1.807) is 0 Å². The lowest BCUT2D eigenvalue weighted by molar-refractivity contribution is 1.44. The van der Waals surface area contributed by atoms with Crippen LogP contribution in [0.15, 0.2) is 24.3 Å². The van der Waals surface area contributed by atoms with Gasteiger partial charge in [-0.3, -0.25) is 0 Å². The van der Waals surface area contributed by atoms with Crippen LogP contribution in [0.2, 0.25) is 0 Å². The summed E-state index contributed by atoms with van der Waals surface area (Å²) in [7, 11) is 0. The summed E-state index contributed by atoms with van der Waals surface area (Å²) in [5, 5.41) is 0. The van der Waals surface area contributed by atoms with Gasteiger partial charge in [0.15, 0.2) is 0 Å². The van der Waals surface area contributed by atoms with Crippen molar-refractivity contribution < 1.29 is 0 Å². The molecule has 0 amide bonds. The van der Waals surface area contributed by atoms with E-state index in [0.717, 1.165) is 0 Å². The third-order valence-corrected chi connectivity index (χ3v) is 10.0. The van der Waals surface area contributed by atoms with Crippen molar-refractivity contribution in [2.24, 2.45) is 0 Å². The Labute approximate surface area is 171 Å². The van der Waals surface area contributed by atoms with E-state index in [9.17, 15) is 0 Å². The van der Waals surface area contributed by atoms with Crippen LogP contribution in [0, 0.1) is 41.5 Å². The van der Waals surface area contributed by atoms with E-state index in [1.165, 1.54) is 61.3 Å². The molecule has 4 heteroatoms. The Bertz CT molecular complexity index is 1080. The highest BCUT2D eigenvalue weighted by atomic mass is 32.1. The molecule has 0 aliphatic heterocycles. The number of aryl methyl sites for hydroxylation is 6. The van der Waals surface area contributed by atoms with Crippen LogP contribution in [0.25, 0.3) is 29.3 Å². The quantitative estimate of drug-likeness (QED) is 0.314. The zero-order chi connectivity index (χ0) is 18.6. The maximum Gasteiger partial charge on any atom is 0.0481 e. The van der Waals surface area contributed by atoms with Crippen LogP contribution in [-0.2, 0) is 0 Å². The highest BCUT2D eigenvalue weighted by molar-refractivity contribution is 7.28. The molecule has 134 valence electrons. The van der Waals surface area contributed by atoms with Crippen molar-refractivity contribution in [2.45, 2.75) is 41.5 Å². The predicted molar refractivity (Wildman–Crippen MR) is 123 cm³/mol. The summed E-state index contributed by atoms with van der Waals surface area (Å²) in [6.07, 6.45) is 0. The maximum absolute atomic E-state index is 2.37. The second kappa shape index (κ2) is 6.75. The van der Waals surface area contributed by atoms with E-state index in [2.05, 4.69) is 65.8 Å². The summed E-state index contributed by atoms with van der Waals surface area (Å²) in [6, 6.07) is 9.37. The Morgan fingerprint density at radius 3 is 1.50 bits per heavy atom. The van der Waals surface area contributed by atoms with Crippen LogP contribution in [0.5, 0.6) is 0 Å². The lowest BCUT2D eigenvalue weighted by atomic mass is 10.1. The Morgan fingerprint density at radius 2 is 0.962 bits per heavy atom. The molecule has 0 saturated carbocycles. The third kappa shape index (κ3) is 3.13. The minimum absolute atomic E-state index is 1.39. The summed E-state index contributed by atoms with van der Waals surface area (Å²) in [5.41, 5.74) is 5.58. The normalized spacial score (nSPS) is 11.5. The summed E-state index contributed by atoms with van der Waals surface area (Å²) in [6.45, 7) is 13.3. The monoisotopic (exact) mass is 414 g/mol. The number of rotatable bonds is 3. The van der Waals surface area contributed by atoms with Gasteiger partial charge in [-0.2, -0.15) is 0 Å². The fourth-order valence-electron chi connectivity index (χ4n) is 3.23. The second-order valence-electron chi connectivity index (χ2n) is 6.96. The lowest BCUT2D eigenvalue weighted by Crippen LogP contribution is -1.72. The topological polar surface area (TPSA) is 0 Å². The first-order valence-electron chi connectivity index (χ1n) is 8.69. The Balaban J connectivity index is 1.78. The molecule has 0 nitrogen and oxygen atoms in total. The molecule has 4 aromatic rings. The molecule has 0 atom stereocenters. The molecule has 0 spiro atoms. The fraction of sp³-hybridized carbons (Fsp3) is 0.273. The molecule has 0 N–H and O–H groups in total. The molecule has 0 aliphatic carbocycles. The van der Waals surface area contributed by atoms with Gasteiger partial charge in [0.05, 0.1) is 0 Å². The molecular formula is C22H22S4. The number of hydrogen-bond donors (Lipinski definition) is 0. The summed E-state index contributed by atoms with van der Waals surface area (Å²) >= 11 is 7.71. The van der Waals surface area contributed by atoms with E-state index < -0.39 is 0 Å². The molecule has 0 bridgehead atoms. The highest BCUT2D eigenvalue weighted by Crippen LogP contribution is 2.47. The molecule has 4 rings (SSSR count). The van der Waals surface area contributed by atoms with Crippen LogP contribution in [0.3, 0.4) is 0 Å². The molecule has 0 aromatic carbocycles. The Morgan fingerprint density at radius 1 is 0.462 bits per heavy atom. The first kappa shape index (κ1) is 18.2. The maximum atomic E-state index is 2.37. The van der Waals surface area contributed by atoms with Gasteiger partial charge in [-0.05, 0) is 88.1 Å². The van der Waals surface area contributed by atoms with Crippen molar-refractivity contribution in [2.75, 3.05) is 0 Å². The molecule has 0 unspecified atom stereocenters. The average molecular weight is 415 g/mol. The summed E-state index contributed by atoms with van der Waals surface area (Å²) < 4.78 is 0. The van der Waals surface area contributed by atoms with Gasteiger partial charge in [0.1, 0.15) is 0 Å². The second-order valence-corrected chi connectivity index (χ2v) is 11.6. The molecule has 26 heavy (non-hydrogen) atoms. The van der Waals surface area contributed by atoms with Gasteiger partial charge in [-0.25, -0.2) is 0 Å². The first-order chi connectivity index (χ1) is 12.3. The average Bonchev–Trinajstić information content (AvgIpc) is 3.29. The molecule has 4 heterocycles. The van der Waals surface area contributed by atoms with Gasteiger partial charge in [0, 0.05) is 39.0 Å². The number of thiophene rings is 4. The Kier molecular flexibility index (Phi) is 4.72. The zero-order valence-electron chi connectivity index (χ0n) is 15.9. The van der Waals surface area contributed by atoms with Crippen LogP contribution in [0.4, 0.5) is 0 Å². The lowest BCUT2D eigenvalue weighted by Gasteiger charge is -1.97. The van der Waals surface area contributed by atoms with Crippen LogP contribution < -0.4 is 0 Å². The summed E-state index contributed by atoms with van der Waals surface area (Å²) in [5.74, 6) is 0. The number of hydrogen-bond acceptors (Lipinski definition) is 4. The van der Waals surface area contributed by atoms with Crippen molar-refractivity contribution in [3.8, 4) is 29.3 Å². The van der Waals surface area contributed by atoms with E-state index in [0.29, 0.717) is 0 Å². The molecule has 0 aliphatic rings. The summed E-state index contributed by atoms with van der Waals surface area (Å²) in [4.78, 5) is 11.3.